The molecule has 27 heavy (non-hydrogen) atoms. The number of aryl methyl sites for hydroxylation is 1. The van der Waals surface area contributed by atoms with Crippen molar-refractivity contribution in [3.63, 3.8) is 0 Å². The first-order valence-electron chi connectivity index (χ1n) is 10.2. The molecule has 0 saturated carbocycles. The lowest BCUT2D eigenvalue weighted by molar-refractivity contribution is -0.0109. The summed E-state index contributed by atoms with van der Waals surface area (Å²) < 4.78 is 11.0. The van der Waals surface area contributed by atoms with Crippen LogP contribution >= 0.6 is 0 Å². The van der Waals surface area contributed by atoms with E-state index in [1.54, 1.807) is 7.11 Å². The maximum atomic E-state index is 5.52. The van der Waals surface area contributed by atoms with Crippen LogP contribution in [-0.4, -0.2) is 58.8 Å². The molecule has 0 spiro atoms. The summed E-state index contributed by atoms with van der Waals surface area (Å²) in [5.74, 6) is 3.79. The molecule has 4 fully saturated rings. The third-order valence-corrected chi connectivity index (χ3v) is 6.78. The molecule has 4 aliphatic heterocycles. The van der Waals surface area contributed by atoms with Crippen molar-refractivity contribution in [2.45, 2.75) is 50.7 Å². The van der Waals surface area contributed by atoms with Gasteiger partial charge in [-0.3, -0.25) is 9.80 Å². The number of nitrogens with zero attached hydrogens (tertiary/aromatic N) is 4. The molecule has 2 aromatic rings. The molecule has 0 unspecified atom stereocenters. The quantitative estimate of drug-likeness (QED) is 0.809. The van der Waals surface area contributed by atoms with Crippen LogP contribution in [-0.2, 0) is 13.0 Å². The lowest BCUT2D eigenvalue weighted by Gasteiger charge is -2.51. The van der Waals surface area contributed by atoms with Gasteiger partial charge < -0.3 is 9.26 Å². The van der Waals surface area contributed by atoms with Crippen LogP contribution in [0.3, 0.4) is 0 Å². The van der Waals surface area contributed by atoms with Gasteiger partial charge in [-0.25, -0.2) is 0 Å². The van der Waals surface area contributed by atoms with Crippen LogP contribution in [0.25, 0.3) is 0 Å². The van der Waals surface area contributed by atoms with Crippen molar-refractivity contribution in [2.75, 3.05) is 26.7 Å². The van der Waals surface area contributed by atoms with Gasteiger partial charge in [-0.15, -0.1) is 0 Å². The lowest BCUT2D eigenvalue weighted by Crippen LogP contribution is -2.60. The molecule has 6 rings (SSSR count). The van der Waals surface area contributed by atoms with Gasteiger partial charge in [-0.1, -0.05) is 24.2 Å². The van der Waals surface area contributed by atoms with Gasteiger partial charge in [0.1, 0.15) is 5.75 Å². The second-order valence-electron chi connectivity index (χ2n) is 8.13. The maximum absolute atomic E-state index is 5.52. The van der Waals surface area contributed by atoms with Crippen molar-refractivity contribution in [3.05, 3.63) is 41.5 Å². The van der Waals surface area contributed by atoms with Crippen LogP contribution in [0.5, 0.6) is 5.75 Å². The number of likely N-dealkylation sites (tertiary alicyclic amines) is 1. The topological polar surface area (TPSA) is 54.6 Å². The Morgan fingerprint density at radius 1 is 1.22 bits per heavy atom. The number of piperidine rings is 3. The van der Waals surface area contributed by atoms with E-state index in [1.165, 1.54) is 31.5 Å². The summed E-state index contributed by atoms with van der Waals surface area (Å²) in [6.07, 6.45) is 3.44. The van der Waals surface area contributed by atoms with Crippen molar-refractivity contribution in [2.24, 2.45) is 5.92 Å². The second kappa shape index (κ2) is 6.91. The number of benzene rings is 1. The Kier molecular flexibility index (Phi) is 4.40. The number of hydrogen-bond acceptors (Lipinski definition) is 6. The van der Waals surface area contributed by atoms with E-state index in [0.717, 1.165) is 42.9 Å². The third-order valence-electron chi connectivity index (χ3n) is 6.78. The van der Waals surface area contributed by atoms with E-state index in [4.69, 9.17) is 9.26 Å². The van der Waals surface area contributed by atoms with E-state index in [9.17, 15) is 0 Å². The Morgan fingerprint density at radius 2 is 2.07 bits per heavy atom. The van der Waals surface area contributed by atoms with Crippen LogP contribution in [0.15, 0.2) is 28.8 Å². The van der Waals surface area contributed by atoms with Crippen LogP contribution in [0.2, 0.25) is 0 Å². The zero-order chi connectivity index (χ0) is 18.4. The lowest BCUT2D eigenvalue weighted by atomic mass is 9.75. The molecule has 6 heteroatoms. The Labute approximate surface area is 160 Å². The molecule has 0 N–H and O–H groups in total. The third kappa shape index (κ3) is 2.95. The number of ether oxygens (including phenoxy) is 1. The van der Waals surface area contributed by atoms with Crippen molar-refractivity contribution in [1.82, 2.24) is 19.9 Å². The Bertz CT molecular complexity index is 799. The fraction of sp³-hybridized carbons (Fsp3) is 0.619. The molecule has 0 radical (unpaired) electrons. The number of hydrogen-bond donors (Lipinski definition) is 0. The predicted molar refractivity (Wildman–Crippen MR) is 102 cm³/mol. The summed E-state index contributed by atoms with van der Waals surface area (Å²) in [6.45, 7) is 6.34. The molecule has 0 amide bonds. The van der Waals surface area contributed by atoms with E-state index in [-0.39, 0.29) is 0 Å². The minimum absolute atomic E-state index is 0.502. The molecule has 3 atom stereocenters. The van der Waals surface area contributed by atoms with Crippen molar-refractivity contribution in [3.8, 4) is 5.75 Å². The summed E-state index contributed by atoms with van der Waals surface area (Å²) in [4.78, 5) is 9.90. The van der Waals surface area contributed by atoms with E-state index >= 15 is 0 Å². The van der Waals surface area contributed by atoms with Gasteiger partial charge in [0.25, 0.3) is 0 Å². The fourth-order valence-electron chi connectivity index (χ4n) is 5.56. The molecular weight excluding hydrogens is 340 g/mol. The fourth-order valence-corrected chi connectivity index (χ4v) is 5.56. The van der Waals surface area contributed by atoms with Gasteiger partial charge in [0.05, 0.1) is 13.7 Å². The highest BCUT2D eigenvalue weighted by Crippen LogP contribution is 2.47. The summed E-state index contributed by atoms with van der Waals surface area (Å²) in [6, 6.07) is 9.80. The van der Waals surface area contributed by atoms with Crippen molar-refractivity contribution in [1.29, 1.82) is 0 Å². The normalized spacial score (nSPS) is 32.6. The van der Waals surface area contributed by atoms with Gasteiger partial charge in [-0.2, -0.15) is 4.98 Å². The highest BCUT2D eigenvalue weighted by Gasteiger charge is 2.53. The van der Waals surface area contributed by atoms with Crippen molar-refractivity contribution < 1.29 is 9.26 Å². The van der Waals surface area contributed by atoms with Crippen LogP contribution in [0.4, 0.5) is 0 Å². The van der Waals surface area contributed by atoms with Crippen molar-refractivity contribution >= 4 is 0 Å². The first-order valence-corrected chi connectivity index (χ1v) is 10.2. The first kappa shape index (κ1) is 17.2. The molecule has 0 aliphatic carbocycles. The van der Waals surface area contributed by atoms with Gasteiger partial charge in [0.15, 0.2) is 5.82 Å². The number of rotatable bonds is 5. The van der Waals surface area contributed by atoms with Crippen LogP contribution < -0.4 is 4.74 Å². The van der Waals surface area contributed by atoms with Gasteiger partial charge in [0.2, 0.25) is 5.89 Å². The molecule has 144 valence electrons. The minimum atomic E-state index is 0.502. The highest BCUT2D eigenvalue weighted by atomic mass is 16.5. The standard InChI is InChI=1S/C21H28N4O2/c1-3-18-22-19(27-23-18)13-25-12-17(15-5-4-6-16(11-15)26-2)21-20(25)14-7-9-24(21)10-8-14/h4-6,11,14,17,20-21H,3,7-10,12-13H2,1-2H3/t17-,20+,21+/m0/s1. The highest BCUT2D eigenvalue weighted by molar-refractivity contribution is 5.34. The molecule has 1 aromatic carbocycles. The maximum Gasteiger partial charge on any atom is 0.240 e. The number of aromatic nitrogens is 2. The van der Waals surface area contributed by atoms with Crippen LogP contribution in [0, 0.1) is 5.92 Å². The van der Waals surface area contributed by atoms with E-state index < -0.39 is 0 Å². The SMILES string of the molecule is CCc1noc(CN2C[C@@H](c3cccc(OC)c3)[C@@H]3[C@H]2C2CCN3CC2)n1. The molecule has 4 saturated heterocycles. The number of fused-ring (bicyclic) bond motifs is 2. The number of methoxy groups -OCH3 is 1. The van der Waals surface area contributed by atoms with Crippen LogP contribution in [0.1, 0.15) is 43.0 Å². The minimum Gasteiger partial charge on any atom is -0.497 e. The summed E-state index contributed by atoms with van der Waals surface area (Å²) in [5.41, 5.74) is 1.39. The predicted octanol–water partition coefficient (Wildman–Crippen LogP) is 2.70. The van der Waals surface area contributed by atoms with E-state index in [0.29, 0.717) is 18.0 Å². The van der Waals surface area contributed by atoms with Gasteiger partial charge >= 0.3 is 0 Å². The Balaban J connectivity index is 1.46. The Morgan fingerprint density at radius 3 is 2.81 bits per heavy atom. The second-order valence-corrected chi connectivity index (χ2v) is 8.13. The summed E-state index contributed by atoms with van der Waals surface area (Å²) >= 11 is 0. The van der Waals surface area contributed by atoms with Gasteiger partial charge in [0, 0.05) is 31.0 Å². The summed E-state index contributed by atoms with van der Waals surface area (Å²) in [7, 11) is 1.75. The average Bonchev–Trinajstić information content (AvgIpc) is 3.35. The molecule has 6 nitrogen and oxygen atoms in total. The largest absolute Gasteiger partial charge is 0.497 e. The zero-order valence-electron chi connectivity index (χ0n) is 16.2. The van der Waals surface area contributed by atoms with E-state index in [1.807, 2.05) is 6.07 Å². The zero-order valence-corrected chi connectivity index (χ0v) is 16.2. The molecular formula is C21H28N4O2. The molecule has 2 bridgehead atoms. The first-order chi connectivity index (χ1) is 13.3. The molecule has 1 aromatic heterocycles. The van der Waals surface area contributed by atoms with Gasteiger partial charge in [-0.05, 0) is 49.5 Å². The smallest absolute Gasteiger partial charge is 0.240 e. The molecule has 5 heterocycles. The summed E-state index contributed by atoms with van der Waals surface area (Å²) in [5, 5.41) is 4.09. The Hall–Kier alpha value is -1.92. The average molecular weight is 368 g/mol. The van der Waals surface area contributed by atoms with E-state index in [2.05, 4.69) is 45.1 Å². The monoisotopic (exact) mass is 368 g/mol. The molecule has 4 aliphatic rings.